The van der Waals surface area contributed by atoms with Gasteiger partial charge in [-0.05, 0) is 18.6 Å². The number of pyridine rings is 1. The van der Waals surface area contributed by atoms with Crippen LogP contribution in [0.3, 0.4) is 0 Å². The van der Waals surface area contributed by atoms with Crippen LogP contribution in [0.25, 0.3) is 11.3 Å². The van der Waals surface area contributed by atoms with E-state index in [-0.39, 0.29) is 30.4 Å². The highest BCUT2D eigenvalue weighted by molar-refractivity contribution is 5.93. The summed E-state index contributed by atoms with van der Waals surface area (Å²) in [5.74, 6) is 0.247. The smallest absolute Gasteiger partial charge is 0.276 e. The number of likely N-dealkylation sites (tertiary alicyclic amines) is 1. The van der Waals surface area contributed by atoms with Gasteiger partial charge in [0.05, 0.1) is 18.8 Å². The minimum atomic E-state index is -0.261. The van der Waals surface area contributed by atoms with Gasteiger partial charge in [-0.25, -0.2) is 0 Å². The first-order valence-corrected chi connectivity index (χ1v) is 7.04. The van der Waals surface area contributed by atoms with Gasteiger partial charge in [0.1, 0.15) is 0 Å². The highest BCUT2D eigenvalue weighted by Gasteiger charge is 2.36. The predicted molar refractivity (Wildman–Crippen MR) is 77.1 cm³/mol. The minimum Gasteiger partial charge on any atom is -0.394 e. The number of aliphatic hydroxyl groups is 1. The van der Waals surface area contributed by atoms with Gasteiger partial charge in [-0.3, -0.25) is 9.78 Å². The lowest BCUT2D eigenvalue weighted by atomic mass is 10.2. The van der Waals surface area contributed by atoms with Gasteiger partial charge in [0.25, 0.3) is 5.91 Å². The minimum absolute atomic E-state index is 0.0623. The van der Waals surface area contributed by atoms with Gasteiger partial charge in [-0.2, -0.15) is 0 Å². The molecule has 2 atom stereocenters. The van der Waals surface area contributed by atoms with E-state index in [1.165, 1.54) is 0 Å². The summed E-state index contributed by atoms with van der Waals surface area (Å²) in [7, 11) is 1.60. The monoisotopic (exact) mass is 303 g/mol. The van der Waals surface area contributed by atoms with Crippen LogP contribution in [0.1, 0.15) is 16.9 Å². The molecule has 0 aliphatic carbocycles. The van der Waals surface area contributed by atoms with Crippen molar-refractivity contribution in [3.63, 3.8) is 0 Å². The van der Waals surface area contributed by atoms with Gasteiger partial charge >= 0.3 is 0 Å². The maximum atomic E-state index is 12.5. The fraction of sp³-hybridized carbons (Fsp3) is 0.400. The molecule has 3 rings (SSSR count). The fourth-order valence-corrected chi connectivity index (χ4v) is 2.64. The normalized spacial score (nSPS) is 21.3. The van der Waals surface area contributed by atoms with Gasteiger partial charge in [-0.1, -0.05) is 5.16 Å². The lowest BCUT2D eigenvalue weighted by Gasteiger charge is -2.21. The SMILES string of the molecule is CO[C@H]1C[C@@H](CO)N(C(=O)c2cc(-c3ccncc3)on2)C1. The lowest BCUT2D eigenvalue weighted by Crippen LogP contribution is -2.38. The molecule has 2 aromatic rings. The van der Waals surface area contributed by atoms with Gasteiger partial charge in [0.2, 0.25) is 0 Å². The van der Waals surface area contributed by atoms with Crippen molar-refractivity contribution in [3.05, 3.63) is 36.3 Å². The molecule has 0 spiro atoms. The van der Waals surface area contributed by atoms with E-state index in [1.54, 1.807) is 42.6 Å². The zero-order valence-electron chi connectivity index (χ0n) is 12.2. The van der Waals surface area contributed by atoms with E-state index in [9.17, 15) is 9.90 Å². The first-order valence-electron chi connectivity index (χ1n) is 7.04. The summed E-state index contributed by atoms with van der Waals surface area (Å²) >= 11 is 0. The van der Waals surface area contributed by atoms with E-state index < -0.39 is 0 Å². The maximum Gasteiger partial charge on any atom is 0.276 e. The van der Waals surface area contributed by atoms with E-state index >= 15 is 0 Å². The molecular weight excluding hydrogens is 286 g/mol. The average Bonchev–Trinajstić information content (AvgIpc) is 3.22. The van der Waals surface area contributed by atoms with Crippen LogP contribution in [0.15, 0.2) is 35.1 Å². The first-order chi connectivity index (χ1) is 10.7. The molecule has 2 aromatic heterocycles. The topological polar surface area (TPSA) is 88.7 Å². The number of aliphatic hydroxyl groups excluding tert-OH is 1. The van der Waals surface area contributed by atoms with Crippen molar-refractivity contribution in [1.82, 2.24) is 15.0 Å². The van der Waals surface area contributed by atoms with E-state index in [2.05, 4.69) is 10.1 Å². The Labute approximate surface area is 127 Å². The van der Waals surface area contributed by atoms with Gasteiger partial charge in [0, 0.05) is 37.7 Å². The second-order valence-electron chi connectivity index (χ2n) is 5.20. The van der Waals surface area contributed by atoms with Gasteiger partial charge in [-0.15, -0.1) is 0 Å². The van der Waals surface area contributed by atoms with Crippen LogP contribution in [0.2, 0.25) is 0 Å². The molecule has 7 heteroatoms. The number of hydrogen-bond acceptors (Lipinski definition) is 6. The third-order valence-corrected chi connectivity index (χ3v) is 3.88. The van der Waals surface area contributed by atoms with E-state index in [4.69, 9.17) is 9.26 Å². The molecule has 0 aromatic carbocycles. The third kappa shape index (κ3) is 2.72. The van der Waals surface area contributed by atoms with Crippen molar-refractivity contribution in [1.29, 1.82) is 0 Å². The van der Waals surface area contributed by atoms with Crippen molar-refractivity contribution in [2.75, 3.05) is 20.3 Å². The Balaban J connectivity index is 1.80. The third-order valence-electron chi connectivity index (χ3n) is 3.88. The van der Waals surface area contributed by atoms with E-state index in [0.29, 0.717) is 18.7 Å². The molecule has 22 heavy (non-hydrogen) atoms. The average molecular weight is 303 g/mol. The molecule has 0 unspecified atom stereocenters. The number of aromatic nitrogens is 2. The summed E-state index contributed by atoms with van der Waals surface area (Å²) < 4.78 is 10.5. The summed E-state index contributed by atoms with van der Waals surface area (Å²) in [5, 5.41) is 13.3. The fourth-order valence-electron chi connectivity index (χ4n) is 2.64. The van der Waals surface area contributed by atoms with Crippen LogP contribution in [0, 0.1) is 0 Å². The molecule has 1 amide bonds. The van der Waals surface area contributed by atoms with Crippen LogP contribution in [0.4, 0.5) is 0 Å². The number of nitrogens with zero attached hydrogens (tertiary/aromatic N) is 3. The molecular formula is C15H17N3O4. The second-order valence-corrected chi connectivity index (χ2v) is 5.20. The molecule has 116 valence electrons. The summed E-state index contributed by atoms with van der Waals surface area (Å²) in [6, 6.07) is 4.91. The molecule has 1 N–H and O–H groups in total. The lowest BCUT2D eigenvalue weighted by molar-refractivity contribution is 0.0638. The summed E-state index contributed by atoms with van der Waals surface area (Å²) in [5.41, 5.74) is 1.03. The van der Waals surface area contributed by atoms with E-state index in [1.807, 2.05) is 0 Å². The Bertz CT molecular complexity index is 643. The Morgan fingerprint density at radius 2 is 2.27 bits per heavy atom. The Hall–Kier alpha value is -2.25. The van der Waals surface area contributed by atoms with Crippen LogP contribution < -0.4 is 0 Å². The molecule has 1 aliphatic rings. The molecule has 0 bridgehead atoms. The number of rotatable bonds is 4. The largest absolute Gasteiger partial charge is 0.394 e. The molecule has 1 aliphatic heterocycles. The number of carbonyl (C=O) groups is 1. The van der Waals surface area contributed by atoms with Crippen molar-refractivity contribution in [3.8, 4) is 11.3 Å². The standard InChI is InChI=1S/C15H17N3O4/c1-21-12-6-11(9-19)18(8-12)15(20)13-7-14(22-17-13)10-2-4-16-5-3-10/h2-5,7,11-12,19H,6,8-9H2,1H3/t11-,12-/m0/s1. The van der Waals surface area contributed by atoms with Crippen LogP contribution >= 0.6 is 0 Å². The summed E-state index contributed by atoms with van der Waals surface area (Å²) in [6.45, 7) is 0.346. The number of amides is 1. The molecule has 0 radical (unpaired) electrons. The van der Waals surface area contributed by atoms with Gasteiger partial charge in [0.15, 0.2) is 11.5 Å². The Morgan fingerprint density at radius 3 is 2.95 bits per heavy atom. The molecule has 7 nitrogen and oxygen atoms in total. The zero-order valence-corrected chi connectivity index (χ0v) is 12.2. The van der Waals surface area contributed by atoms with Crippen LogP contribution in [-0.4, -0.2) is 58.5 Å². The van der Waals surface area contributed by atoms with Crippen molar-refractivity contribution in [2.45, 2.75) is 18.6 Å². The predicted octanol–water partition coefficient (Wildman–Crippen LogP) is 0.958. The molecule has 1 fully saturated rings. The molecule has 0 saturated carbocycles. The van der Waals surface area contributed by atoms with Crippen molar-refractivity contribution < 1.29 is 19.2 Å². The molecule has 1 saturated heterocycles. The van der Waals surface area contributed by atoms with Crippen molar-refractivity contribution >= 4 is 5.91 Å². The highest BCUT2D eigenvalue weighted by Crippen LogP contribution is 2.24. The summed E-state index contributed by atoms with van der Waals surface area (Å²) in [4.78, 5) is 18.1. The zero-order chi connectivity index (χ0) is 15.5. The van der Waals surface area contributed by atoms with E-state index in [0.717, 1.165) is 5.56 Å². The second kappa shape index (κ2) is 6.25. The number of hydrogen-bond donors (Lipinski definition) is 1. The van der Waals surface area contributed by atoms with Crippen LogP contribution in [0.5, 0.6) is 0 Å². The molecule has 3 heterocycles. The number of ether oxygens (including phenoxy) is 1. The highest BCUT2D eigenvalue weighted by atomic mass is 16.5. The number of carbonyl (C=O) groups excluding carboxylic acids is 1. The first kappa shape index (κ1) is 14.7. The van der Waals surface area contributed by atoms with Gasteiger partial charge < -0.3 is 19.3 Å². The Morgan fingerprint density at radius 1 is 1.50 bits per heavy atom. The maximum absolute atomic E-state index is 12.5. The van der Waals surface area contributed by atoms with Crippen molar-refractivity contribution in [2.24, 2.45) is 0 Å². The summed E-state index contributed by atoms with van der Waals surface area (Å²) in [6.07, 6.45) is 3.84. The quantitative estimate of drug-likeness (QED) is 0.905. The Kier molecular flexibility index (Phi) is 4.17. The number of methoxy groups -OCH3 is 1. The van der Waals surface area contributed by atoms with Crippen LogP contribution in [-0.2, 0) is 4.74 Å².